The van der Waals surface area contributed by atoms with E-state index in [9.17, 15) is 4.57 Å². The van der Waals surface area contributed by atoms with Gasteiger partial charge in [0.15, 0.2) is 0 Å². The minimum atomic E-state index is -4.72. The molecule has 0 atom stereocenters. The number of phosphoric acid groups is 1. The summed E-state index contributed by atoms with van der Waals surface area (Å²) in [6.07, 6.45) is 0. The van der Waals surface area contributed by atoms with Gasteiger partial charge in [0.2, 0.25) is 17.8 Å². The quantitative estimate of drug-likeness (QED) is 0.208. The van der Waals surface area contributed by atoms with Crippen molar-refractivity contribution in [1.29, 1.82) is 0 Å². The molecule has 0 aliphatic rings. The molecule has 0 aliphatic carbocycles. The summed E-state index contributed by atoms with van der Waals surface area (Å²) in [6.45, 7) is 0. The zero-order valence-electron chi connectivity index (χ0n) is 8.91. The van der Waals surface area contributed by atoms with Gasteiger partial charge in [-0.15, -0.1) is 0 Å². The zero-order chi connectivity index (χ0) is 13.6. The van der Waals surface area contributed by atoms with E-state index < -0.39 is 15.1 Å². The smallest absolute Gasteiger partial charge is 0.401 e. The van der Waals surface area contributed by atoms with Crippen molar-refractivity contribution in [2.75, 3.05) is 17.2 Å². The Morgan fingerprint density at radius 1 is 1.00 bits per heavy atom. The number of nitrogens with two attached hydrogens (primary N) is 3. The molecule has 0 fully saturated rings. The first-order valence-electron chi connectivity index (χ1n) is 3.72. The molecule has 18 heavy (non-hydrogen) atoms. The van der Waals surface area contributed by atoms with Crippen molar-refractivity contribution in [2.45, 2.75) is 0 Å². The fraction of sp³-hybridized carbons (Fsp3) is 0. The Balaban J connectivity index is 0. The normalized spacial score (nSPS) is 9.78. The van der Waals surface area contributed by atoms with E-state index in [0.29, 0.717) is 0 Å². The topological polar surface area (TPSA) is 224 Å². The SMILES string of the molecule is Nc1nc(N)nc(N)n1.O=P(O)(O)OB(O)O.[Zn]. The van der Waals surface area contributed by atoms with Crippen molar-refractivity contribution in [2.24, 2.45) is 0 Å². The van der Waals surface area contributed by atoms with Crippen LogP contribution in [-0.4, -0.2) is 42.1 Å². The summed E-state index contributed by atoms with van der Waals surface area (Å²) in [6, 6.07) is 0. The fourth-order valence-corrected chi connectivity index (χ4v) is 0.796. The van der Waals surface area contributed by atoms with Gasteiger partial charge >= 0.3 is 15.1 Å². The maximum atomic E-state index is 9.59. The summed E-state index contributed by atoms with van der Waals surface area (Å²) in [7, 11) is -7.14. The summed E-state index contributed by atoms with van der Waals surface area (Å²) < 4.78 is 12.8. The maximum Gasteiger partial charge on any atom is 0.642 e. The molecule has 1 heterocycles. The van der Waals surface area contributed by atoms with Gasteiger partial charge in [-0.2, -0.15) is 15.0 Å². The number of nitrogen functional groups attached to an aromatic ring is 3. The molecule has 0 saturated carbocycles. The third-order valence-electron chi connectivity index (χ3n) is 0.919. The monoisotopic (exact) mass is 332 g/mol. The summed E-state index contributed by atoms with van der Waals surface area (Å²) in [5.74, 6) is 0.125. The van der Waals surface area contributed by atoms with E-state index in [1.54, 1.807) is 0 Å². The molecule has 12 nitrogen and oxygen atoms in total. The number of rotatable bonds is 2. The molecule has 1 rings (SSSR count). The van der Waals surface area contributed by atoms with Gasteiger partial charge in [0.25, 0.3) is 0 Å². The van der Waals surface area contributed by atoms with Crippen LogP contribution in [0.5, 0.6) is 0 Å². The third-order valence-corrected chi connectivity index (χ3v) is 1.38. The molecule has 10 N–H and O–H groups in total. The van der Waals surface area contributed by atoms with Crippen molar-refractivity contribution >= 4 is 33.0 Å². The van der Waals surface area contributed by atoms with Gasteiger partial charge in [-0.3, -0.25) is 4.44 Å². The number of hydrogen-bond acceptors (Lipinski definition) is 10. The van der Waals surface area contributed by atoms with Crippen molar-refractivity contribution in [3.05, 3.63) is 0 Å². The van der Waals surface area contributed by atoms with Gasteiger partial charge in [0.05, 0.1) is 0 Å². The molecule has 0 bridgehead atoms. The van der Waals surface area contributed by atoms with Gasteiger partial charge in [-0.1, -0.05) is 0 Å². The second-order valence-corrected chi connectivity index (χ2v) is 3.52. The molecule has 1 aromatic rings. The van der Waals surface area contributed by atoms with Crippen LogP contribution in [0.4, 0.5) is 17.8 Å². The Hall–Kier alpha value is -0.872. The van der Waals surface area contributed by atoms with E-state index in [4.69, 9.17) is 37.0 Å². The van der Waals surface area contributed by atoms with Crippen molar-refractivity contribution in [3.63, 3.8) is 0 Å². The molecule has 0 aliphatic heterocycles. The Kier molecular flexibility index (Phi) is 8.94. The Morgan fingerprint density at radius 2 is 1.28 bits per heavy atom. The van der Waals surface area contributed by atoms with Crippen LogP contribution in [0.1, 0.15) is 0 Å². The van der Waals surface area contributed by atoms with Crippen LogP contribution in [0.2, 0.25) is 0 Å². The van der Waals surface area contributed by atoms with Crippen LogP contribution in [0.25, 0.3) is 0 Å². The van der Waals surface area contributed by atoms with E-state index in [1.165, 1.54) is 0 Å². The molecule has 0 unspecified atom stereocenters. The Morgan fingerprint density at radius 3 is 1.39 bits per heavy atom. The predicted octanol–water partition coefficient (Wildman–Crippen LogP) is -3.32. The van der Waals surface area contributed by atoms with Crippen molar-refractivity contribution in [3.8, 4) is 0 Å². The largest absolute Gasteiger partial charge is 0.642 e. The number of nitrogens with zero attached hydrogens (tertiary/aromatic N) is 3. The first-order valence-corrected chi connectivity index (χ1v) is 5.26. The molecule has 98 valence electrons. The van der Waals surface area contributed by atoms with E-state index >= 15 is 0 Å². The summed E-state index contributed by atoms with van der Waals surface area (Å²) in [5.41, 5.74) is 15.4. The van der Waals surface area contributed by atoms with Crippen LogP contribution in [0.15, 0.2) is 0 Å². The molecule has 0 spiro atoms. The van der Waals surface area contributed by atoms with Gasteiger partial charge in [-0.25, -0.2) is 4.57 Å². The van der Waals surface area contributed by atoms with E-state index in [1.807, 2.05) is 0 Å². The average molecular weight is 333 g/mol. The molecule has 0 amide bonds. The first-order chi connectivity index (χ1) is 7.60. The number of aromatic nitrogens is 3. The molecule has 0 saturated heterocycles. The molecule has 0 radical (unpaired) electrons. The van der Waals surface area contributed by atoms with Gasteiger partial charge in [-0.05, 0) is 0 Å². The van der Waals surface area contributed by atoms with Crippen LogP contribution in [0, 0.1) is 0 Å². The van der Waals surface area contributed by atoms with E-state index in [-0.39, 0.29) is 37.3 Å². The maximum absolute atomic E-state index is 9.59. The van der Waals surface area contributed by atoms with E-state index in [2.05, 4.69) is 19.4 Å². The van der Waals surface area contributed by atoms with Gasteiger partial charge < -0.3 is 37.0 Å². The molecule has 0 aromatic carbocycles. The second-order valence-electron chi connectivity index (χ2n) is 2.33. The zero-order valence-corrected chi connectivity index (χ0v) is 12.8. The number of hydrogen-bond donors (Lipinski definition) is 7. The van der Waals surface area contributed by atoms with Crippen LogP contribution < -0.4 is 17.2 Å². The standard InChI is InChI=1S/C3H6N6.BH4O6P.Zn/c4-1-7-2(5)9-3(6)8-1;2-1(3)7-8(4,5)6;/h(H6,4,5,6,7,8,9);2-3H,(H2,4,5,6);. The summed E-state index contributed by atoms with van der Waals surface area (Å²) in [5, 5.41) is 15.5. The Bertz CT molecular complexity index is 366. The summed E-state index contributed by atoms with van der Waals surface area (Å²) >= 11 is 0. The fourth-order valence-electron chi connectivity index (χ4n) is 0.550. The minimum absolute atomic E-state index is 0. The van der Waals surface area contributed by atoms with E-state index in [0.717, 1.165) is 0 Å². The Labute approximate surface area is 114 Å². The molecule has 15 heteroatoms. The van der Waals surface area contributed by atoms with Crippen LogP contribution in [-0.2, 0) is 28.5 Å². The summed E-state index contributed by atoms with van der Waals surface area (Å²) in [4.78, 5) is 26.0. The molecular formula is C3H10BN6O6PZn. The minimum Gasteiger partial charge on any atom is -0.401 e. The predicted molar refractivity (Wildman–Crippen MR) is 56.4 cm³/mol. The first kappa shape index (κ1) is 19.5. The molecule has 1 aromatic heterocycles. The molecular weight excluding hydrogens is 323 g/mol. The van der Waals surface area contributed by atoms with Crippen molar-refractivity contribution < 1.29 is 48.3 Å². The number of anilines is 3. The second kappa shape index (κ2) is 8.27. The van der Waals surface area contributed by atoms with Crippen LogP contribution in [0.3, 0.4) is 0 Å². The van der Waals surface area contributed by atoms with Gasteiger partial charge in [0, 0.05) is 19.5 Å². The third kappa shape index (κ3) is 11.6. The average Bonchev–Trinajstić information content (AvgIpc) is 1.95. The van der Waals surface area contributed by atoms with Crippen molar-refractivity contribution in [1.82, 2.24) is 15.0 Å². The van der Waals surface area contributed by atoms with Gasteiger partial charge in [0.1, 0.15) is 0 Å². The van der Waals surface area contributed by atoms with Crippen LogP contribution >= 0.6 is 7.82 Å².